The van der Waals surface area contributed by atoms with Crippen molar-refractivity contribution < 1.29 is 4.52 Å². The van der Waals surface area contributed by atoms with Gasteiger partial charge in [0.1, 0.15) is 0 Å². The summed E-state index contributed by atoms with van der Waals surface area (Å²) in [7, 11) is 2.37. The van der Waals surface area contributed by atoms with E-state index >= 15 is 0 Å². The Kier molecular flexibility index (Phi) is 2.94. The third kappa shape index (κ3) is 1.91. The molecule has 1 aliphatic carbocycles. The second-order valence-electron chi connectivity index (χ2n) is 2.94. The van der Waals surface area contributed by atoms with Crippen LogP contribution in [0.3, 0.4) is 0 Å². The van der Waals surface area contributed by atoms with Crippen LogP contribution in [0.5, 0.6) is 0 Å². The van der Waals surface area contributed by atoms with Crippen LogP contribution < -0.4 is 0 Å². The quantitative estimate of drug-likeness (QED) is 0.516. The molecule has 1 saturated carbocycles. The molecule has 0 aromatic carbocycles. The van der Waals surface area contributed by atoms with Gasteiger partial charge in [-0.15, -0.1) is 0 Å². The van der Waals surface area contributed by atoms with Crippen molar-refractivity contribution in [3.63, 3.8) is 0 Å². The normalized spacial score (nSPS) is 36.7. The maximum Gasteiger partial charge on any atom is 0.0636 e. The van der Waals surface area contributed by atoms with Gasteiger partial charge in [0.15, 0.2) is 0 Å². The van der Waals surface area contributed by atoms with Gasteiger partial charge in [-0.3, -0.25) is 0 Å². The highest BCUT2D eigenvalue weighted by molar-refractivity contribution is 7.09. The topological polar surface area (TPSA) is 9.23 Å². The highest BCUT2D eigenvalue weighted by atomic mass is 31.0. The highest BCUT2D eigenvalue weighted by Crippen LogP contribution is 2.27. The van der Waals surface area contributed by atoms with Crippen molar-refractivity contribution in [2.75, 3.05) is 0 Å². The summed E-state index contributed by atoms with van der Waals surface area (Å²) >= 11 is 0. The molecular weight excluding hydrogens is 131 g/mol. The van der Waals surface area contributed by atoms with Gasteiger partial charge in [0, 0.05) is 9.47 Å². The van der Waals surface area contributed by atoms with E-state index in [0.29, 0.717) is 6.10 Å². The molecule has 0 heterocycles. The van der Waals surface area contributed by atoms with Crippen LogP contribution in [0.15, 0.2) is 0 Å². The highest BCUT2D eigenvalue weighted by Gasteiger charge is 2.19. The number of hydrogen-bond donors (Lipinski definition) is 0. The predicted octanol–water partition coefficient (Wildman–Crippen LogP) is 2.37. The van der Waals surface area contributed by atoms with E-state index in [0.717, 1.165) is 5.92 Å². The van der Waals surface area contributed by atoms with Gasteiger partial charge in [0.05, 0.1) is 6.10 Å². The lowest BCUT2D eigenvalue weighted by atomic mass is 9.88. The first kappa shape index (κ1) is 7.50. The monoisotopic (exact) mass is 146 g/mol. The third-order valence-electron chi connectivity index (χ3n) is 2.21. The van der Waals surface area contributed by atoms with Crippen molar-refractivity contribution in [2.45, 2.75) is 38.7 Å². The molecule has 0 radical (unpaired) electrons. The van der Waals surface area contributed by atoms with Crippen LogP contribution in [0.25, 0.3) is 0 Å². The molecule has 0 saturated heterocycles. The van der Waals surface area contributed by atoms with Crippen molar-refractivity contribution >= 4 is 9.47 Å². The van der Waals surface area contributed by atoms with Gasteiger partial charge in [-0.1, -0.05) is 19.8 Å². The van der Waals surface area contributed by atoms with E-state index in [2.05, 4.69) is 16.4 Å². The molecule has 0 N–H and O–H groups in total. The average molecular weight is 146 g/mol. The third-order valence-corrected chi connectivity index (χ3v) is 2.56. The summed E-state index contributed by atoms with van der Waals surface area (Å²) in [4.78, 5) is 0. The van der Waals surface area contributed by atoms with E-state index in [1.54, 1.807) is 0 Å². The van der Waals surface area contributed by atoms with E-state index in [9.17, 15) is 0 Å². The Morgan fingerprint density at radius 1 is 1.33 bits per heavy atom. The molecule has 1 aliphatic rings. The van der Waals surface area contributed by atoms with Gasteiger partial charge in [0.25, 0.3) is 0 Å². The van der Waals surface area contributed by atoms with E-state index in [1.807, 2.05) is 0 Å². The second-order valence-corrected chi connectivity index (χ2v) is 3.21. The summed E-state index contributed by atoms with van der Waals surface area (Å²) in [5.74, 6) is 0.774. The summed E-state index contributed by atoms with van der Waals surface area (Å²) in [6, 6.07) is 0. The van der Waals surface area contributed by atoms with Crippen LogP contribution >= 0.6 is 9.47 Å². The van der Waals surface area contributed by atoms with Crippen molar-refractivity contribution in [3.05, 3.63) is 0 Å². The van der Waals surface area contributed by atoms with E-state index in [-0.39, 0.29) is 0 Å². The van der Waals surface area contributed by atoms with E-state index < -0.39 is 0 Å². The van der Waals surface area contributed by atoms with Crippen LogP contribution in [-0.4, -0.2) is 6.10 Å². The first-order chi connectivity index (χ1) is 4.34. The Hall–Kier alpha value is 0.390. The molecule has 0 spiro atoms. The molecule has 0 aliphatic heterocycles. The Morgan fingerprint density at radius 3 is 2.44 bits per heavy atom. The molecule has 0 aromatic heterocycles. The van der Waals surface area contributed by atoms with E-state index in [4.69, 9.17) is 4.52 Å². The van der Waals surface area contributed by atoms with Crippen LogP contribution in [-0.2, 0) is 4.52 Å². The van der Waals surface area contributed by atoms with Gasteiger partial charge in [0.2, 0.25) is 0 Å². The fourth-order valence-electron chi connectivity index (χ4n) is 1.48. The Bertz CT molecular complexity index is 85.0. The largest absolute Gasteiger partial charge is 0.362 e. The Labute approximate surface area is 59.5 Å². The predicted molar refractivity (Wildman–Crippen MR) is 42.2 cm³/mol. The Balaban J connectivity index is 2.30. The van der Waals surface area contributed by atoms with Crippen LogP contribution in [0.2, 0.25) is 0 Å². The molecule has 9 heavy (non-hydrogen) atoms. The first-order valence-electron chi connectivity index (χ1n) is 3.70. The molecule has 0 aromatic rings. The fourth-order valence-corrected chi connectivity index (χ4v) is 1.89. The first-order valence-corrected chi connectivity index (χ1v) is 4.17. The minimum absolute atomic E-state index is 0.517. The summed E-state index contributed by atoms with van der Waals surface area (Å²) < 4.78 is 5.22. The lowest BCUT2D eigenvalue weighted by Crippen LogP contribution is -2.22. The fraction of sp³-hybridized carbons (Fsp3) is 1.00. The van der Waals surface area contributed by atoms with Gasteiger partial charge < -0.3 is 4.52 Å². The molecule has 1 fully saturated rings. The number of rotatable bonds is 1. The molecular formula is C7H15OP. The maximum atomic E-state index is 5.22. The van der Waals surface area contributed by atoms with Gasteiger partial charge >= 0.3 is 0 Å². The summed E-state index contributed by atoms with van der Waals surface area (Å²) in [5, 5.41) is 0. The number of hydrogen-bond acceptors (Lipinski definition) is 1. The van der Waals surface area contributed by atoms with Crippen molar-refractivity contribution in [1.29, 1.82) is 0 Å². The van der Waals surface area contributed by atoms with Crippen LogP contribution in [0.4, 0.5) is 0 Å². The molecule has 3 unspecified atom stereocenters. The van der Waals surface area contributed by atoms with Gasteiger partial charge in [-0.2, -0.15) is 0 Å². The molecule has 2 heteroatoms. The lowest BCUT2D eigenvalue weighted by molar-refractivity contribution is 0.124. The summed E-state index contributed by atoms with van der Waals surface area (Å²) in [6.07, 6.45) is 5.86. The molecule has 0 amide bonds. The minimum atomic E-state index is 0.517. The van der Waals surface area contributed by atoms with E-state index in [1.165, 1.54) is 25.7 Å². The second kappa shape index (κ2) is 3.53. The zero-order chi connectivity index (χ0) is 6.69. The van der Waals surface area contributed by atoms with Crippen molar-refractivity contribution in [1.82, 2.24) is 0 Å². The summed E-state index contributed by atoms with van der Waals surface area (Å²) in [5.41, 5.74) is 0. The average Bonchev–Trinajstić information content (AvgIpc) is 1.89. The Morgan fingerprint density at radius 2 is 2.00 bits per heavy atom. The zero-order valence-corrected chi connectivity index (χ0v) is 7.12. The smallest absolute Gasteiger partial charge is 0.0636 e. The summed E-state index contributed by atoms with van der Waals surface area (Å²) in [6.45, 7) is 2.27. The van der Waals surface area contributed by atoms with Crippen LogP contribution in [0.1, 0.15) is 32.6 Å². The zero-order valence-electron chi connectivity index (χ0n) is 5.97. The van der Waals surface area contributed by atoms with Crippen molar-refractivity contribution in [3.8, 4) is 0 Å². The molecule has 1 nitrogen and oxygen atoms in total. The van der Waals surface area contributed by atoms with Gasteiger partial charge in [-0.05, 0) is 18.8 Å². The molecule has 3 atom stereocenters. The van der Waals surface area contributed by atoms with Gasteiger partial charge in [-0.25, -0.2) is 0 Å². The standard InChI is InChI=1S/C7H15OP/c1-6-4-2-3-5-7(6)8-9/h6-7H,2-5,9H2,1H3. The van der Waals surface area contributed by atoms with Crippen molar-refractivity contribution in [2.24, 2.45) is 5.92 Å². The minimum Gasteiger partial charge on any atom is -0.362 e. The molecule has 1 rings (SSSR count). The SMILES string of the molecule is CC1CCCCC1OP. The molecule has 54 valence electrons. The lowest BCUT2D eigenvalue weighted by Gasteiger charge is -2.26. The maximum absolute atomic E-state index is 5.22. The van der Waals surface area contributed by atoms with Crippen LogP contribution in [0, 0.1) is 5.92 Å². The molecule has 0 bridgehead atoms.